The highest BCUT2D eigenvalue weighted by Gasteiger charge is 2.08. The van der Waals surface area contributed by atoms with E-state index in [0.29, 0.717) is 10.6 Å². The van der Waals surface area contributed by atoms with Gasteiger partial charge in [0.15, 0.2) is 6.29 Å². The highest BCUT2D eigenvalue weighted by molar-refractivity contribution is 6.34. The lowest BCUT2D eigenvalue weighted by molar-refractivity contribution is 0.112. The number of nitrogens with one attached hydrogen (secondary N) is 1. The normalized spacial score (nSPS) is 10.6. The van der Waals surface area contributed by atoms with Gasteiger partial charge in [0.05, 0.1) is 5.02 Å². The summed E-state index contributed by atoms with van der Waals surface area (Å²) in [5, 5.41) is 1.40. The van der Waals surface area contributed by atoms with E-state index in [1.54, 1.807) is 12.3 Å². The maximum absolute atomic E-state index is 10.8. The summed E-state index contributed by atoms with van der Waals surface area (Å²) in [4.78, 5) is 13.8. The molecule has 0 aliphatic rings. The molecule has 0 saturated heterocycles. The van der Waals surface area contributed by atoms with E-state index < -0.39 is 0 Å². The number of carbonyl (C=O) groups is 1. The van der Waals surface area contributed by atoms with Crippen LogP contribution in [0.5, 0.6) is 0 Å². The van der Waals surface area contributed by atoms with Crippen LogP contribution in [0.1, 0.15) is 15.9 Å². The Morgan fingerprint density at radius 2 is 2.31 bits per heavy atom. The second kappa shape index (κ2) is 2.89. The molecule has 2 nitrogen and oxygen atoms in total. The van der Waals surface area contributed by atoms with Crippen molar-refractivity contribution in [1.29, 1.82) is 0 Å². The first-order valence-corrected chi connectivity index (χ1v) is 4.33. The first-order chi connectivity index (χ1) is 6.24. The third kappa shape index (κ3) is 1.14. The number of hydrogen-bond acceptors (Lipinski definition) is 1. The number of carbonyl (C=O) groups excluding carboxylic acids is 1. The van der Waals surface area contributed by atoms with E-state index in [2.05, 4.69) is 4.98 Å². The maximum atomic E-state index is 10.8. The molecule has 0 aliphatic carbocycles. The first-order valence-electron chi connectivity index (χ1n) is 3.95. The van der Waals surface area contributed by atoms with Gasteiger partial charge in [-0.3, -0.25) is 4.79 Å². The summed E-state index contributed by atoms with van der Waals surface area (Å²) in [6, 6.07) is 3.65. The molecule has 3 heteroatoms. The fourth-order valence-electron chi connectivity index (χ4n) is 1.51. The van der Waals surface area contributed by atoms with E-state index >= 15 is 0 Å². The predicted octanol–water partition coefficient (Wildman–Crippen LogP) is 2.94. The van der Waals surface area contributed by atoms with Crippen molar-refractivity contribution < 1.29 is 4.79 Å². The van der Waals surface area contributed by atoms with Crippen LogP contribution in [0.4, 0.5) is 0 Å². The third-order valence-electron chi connectivity index (χ3n) is 2.15. The van der Waals surface area contributed by atoms with Crippen molar-refractivity contribution in [2.24, 2.45) is 0 Å². The molecule has 1 heterocycles. The number of aromatic amines is 1. The predicted molar refractivity (Wildman–Crippen MR) is 53.4 cm³/mol. The van der Waals surface area contributed by atoms with E-state index in [1.165, 1.54) is 0 Å². The minimum Gasteiger partial charge on any atom is -0.361 e. The fourth-order valence-corrected chi connectivity index (χ4v) is 1.82. The van der Waals surface area contributed by atoms with Gasteiger partial charge in [0, 0.05) is 22.7 Å². The second-order valence-corrected chi connectivity index (χ2v) is 3.38. The minimum absolute atomic E-state index is 0.514. The molecule has 0 unspecified atom stereocenters. The molecule has 13 heavy (non-hydrogen) atoms. The molecular weight excluding hydrogens is 186 g/mol. The third-order valence-corrected chi connectivity index (χ3v) is 2.46. The average molecular weight is 194 g/mol. The van der Waals surface area contributed by atoms with Gasteiger partial charge in [0.2, 0.25) is 0 Å². The second-order valence-electron chi connectivity index (χ2n) is 2.97. The van der Waals surface area contributed by atoms with Gasteiger partial charge in [-0.15, -0.1) is 0 Å². The SMILES string of the molecule is Cc1cc(Cl)c(C=O)c2cc[nH]c12. The summed E-state index contributed by atoms with van der Waals surface area (Å²) in [6.45, 7) is 1.96. The molecule has 0 aliphatic heterocycles. The van der Waals surface area contributed by atoms with Crippen LogP contribution in [0.3, 0.4) is 0 Å². The van der Waals surface area contributed by atoms with Gasteiger partial charge < -0.3 is 4.98 Å². The van der Waals surface area contributed by atoms with Crippen molar-refractivity contribution in [3.05, 3.63) is 34.5 Å². The Balaban J connectivity index is 2.96. The average Bonchev–Trinajstić information content (AvgIpc) is 2.53. The molecule has 0 radical (unpaired) electrons. The van der Waals surface area contributed by atoms with Crippen molar-refractivity contribution in [3.8, 4) is 0 Å². The quantitative estimate of drug-likeness (QED) is 0.694. The summed E-state index contributed by atoms with van der Waals surface area (Å²) in [6.07, 6.45) is 2.60. The highest BCUT2D eigenvalue weighted by Crippen LogP contribution is 2.26. The Labute approximate surface area is 80.5 Å². The van der Waals surface area contributed by atoms with Crippen molar-refractivity contribution in [2.75, 3.05) is 0 Å². The van der Waals surface area contributed by atoms with Crippen LogP contribution in [0.25, 0.3) is 10.9 Å². The zero-order chi connectivity index (χ0) is 9.42. The molecule has 0 spiro atoms. The van der Waals surface area contributed by atoms with E-state index in [-0.39, 0.29) is 0 Å². The van der Waals surface area contributed by atoms with Gasteiger partial charge in [-0.25, -0.2) is 0 Å². The van der Waals surface area contributed by atoms with Gasteiger partial charge in [0.25, 0.3) is 0 Å². The molecule has 1 N–H and O–H groups in total. The summed E-state index contributed by atoms with van der Waals surface area (Å²) < 4.78 is 0. The van der Waals surface area contributed by atoms with Crippen LogP contribution in [0, 0.1) is 6.92 Å². The molecule has 66 valence electrons. The summed E-state index contributed by atoms with van der Waals surface area (Å²) in [5.74, 6) is 0. The molecule has 0 atom stereocenters. The van der Waals surface area contributed by atoms with Crippen LogP contribution in [-0.2, 0) is 0 Å². The topological polar surface area (TPSA) is 32.9 Å². The number of hydrogen-bond donors (Lipinski definition) is 1. The highest BCUT2D eigenvalue weighted by atomic mass is 35.5. The molecule has 1 aromatic carbocycles. The van der Waals surface area contributed by atoms with Crippen molar-refractivity contribution in [2.45, 2.75) is 6.92 Å². The lowest BCUT2D eigenvalue weighted by atomic mass is 10.1. The number of H-pyrrole nitrogens is 1. The van der Waals surface area contributed by atoms with Gasteiger partial charge >= 0.3 is 0 Å². The fraction of sp³-hybridized carbons (Fsp3) is 0.100. The lowest BCUT2D eigenvalue weighted by Gasteiger charge is -2.01. The molecule has 1 aromatic heterocycles. The molecule has 0 fully saturated rings. The van der Waals surface area contributed by atoms with E-state index in [9.17, 15) is 4.79 Å². The molecule has 2 rings (SSSR count). The number of fused-ring (bicyclic) bond motifs is 1. The smallest absolute Gasteiger partial charge is 0.152 e. The maximum Gasteiger partial charge on any atom is 0.152 e. The Morgan fingerprint density at radius 1 is 1.54 bits per heavy atom. The zero-order valence-corrected chi connectivity index (χ0v) is 7.85. The summed E-state index contributed by atoms with van der Waals surface area (Å²) in [7, 11) is 0. The number of benzene rings is 1. The Kier molecular flexibility index (Phi) is 1.85. The Bertz CT molecular complexity index is 473. The van der Waals surface area contributed by atoms with Crippen molar-refractivity contribution in [1.82, 2.24) is 4.98 Å². The van der Waals surface area contributed by atoms with Crippen LogP contribution in [0.15, 0.2) is 18.3 Å². The molecule has 0 saturated carbocycles. The van der Waals surface area contributed by atoms with Crippen molar-refractivity contribution in [3.63, 3.8) is 0 Å². The first kappa shape index (κ1) is 8.32. The van der Waals surface area contributed by atoms with E-state index in [1.807, 2.05) is 13.0 Å². The number of aryl methyl sites for hydroxylation is 1. The van der Waals surface area contributed by atoms with Crippen LogP contribution in [-0.4, -0.2) is 11.3 Å². The van der Waals surface area contributed by atoms with E-state index in [0.717, 1.165) is 22.8 Å². The van der Waals surface area contributed by atoms with Gasteiger partial charge in [-0.05, 0) is 24.6 Å². The van der Waals surface area contributed by atoms with Crippen LogP contribution < -0.4 is 0 Å². The summed E-state index contributed by atoms with van der Waals surface area (Å²) in [5.41, 5.74) is 2.59. The monoisotopic (exact) mass is 193 g/mol. The lowest BCUT2D eigenvalue weighted by Crippen LogP contribution is -1.86. The molecule has 0 bridgehead atoms. The molecule has 2 aromatic rings. The van der Waals surface area contributed by atoms with Crippen molar-refractivity contribution >= 4 is 28.8 Å². The standard InChI is InChI=1S/C10H8ClNO/c1-6-4-9(11)8(5-13)7-2-3-12-10(6)7/h2-5,12H,1H3. The number of rotatable bonds is 1. The van der Waals surface area contributed by atoms with Gasteiger partial charge in [0.1, 0.15) is 0 Å². The minimum atomic E-state index is 0.514. The summed E-state index contributed by atoms with van der Waals surface area (Å²) >= 11 is 5.92. The van der Waals surface area contributed by atoms with Crippen LogP contribution >= 0.6 is 11.6 Å². The van der Waals surface area contributed by atoms with Gasteiger partial charge in [-0.1, -0.05) is 11.6 Å². The van der Waals surface area contributed by atoms with Crippen LogP contribution in [0.2, 0.25) is 5.02 Å². The molecular formula is C10H8ClNO. The number of halogens is 1. The number of aromatic nitrogens is 1. The largest absolute Gasteiger partial charge is 0.361 e. The Morgan fingerprint density at radius 3 is 3.00 bits per heavy atom. The Hall–Kier alpha value is -1.28. The van der Waals surface area contributed by atoms with E-state index in [4.69, 9.17) is 11.6 Å². The molecule has 0 amide bonds. The number of aldehydes is 1. The van der Waals surface area contributed by atoms with Gasteiger partial charge in [-0.2, -0.15) is 0 Å². The zero-order valence-electron chi connectivity index (χ0n) is 7.10.